The zero-order valence-electron chi connectivity index (χ0n) is 11.6. The van der Waals surface area contributed by atoms with E-state index in [1.165, 1.54) is 64.8 Å². The minimum atomic E-state index is 0.682. The van der Waals surface area contributed by atoms with Crippen LogP contribution >= 0.6 is 0 Å². The molecule has 17 heavy (non-hydrogen) atoms. The molecule has 1 N–H and O–H groups in total. The molecular formula is C14H29N3. The number of rotatable bonds is 7. The number of nitrogens with one attached hydrogen (secondary N) is 1. The third-order valence-electron chi connectivity index (χ3n) is 4.32. The van der Waals surface area contributed by atoms with Crippen molar-refractivity contribution in [2.45, 2.75) is 51.1 Å². The van der Waals surface area contributed by atoms with E-state index in [-0.39, 0.29) is 0 Å². The smallest absolute Gasteiger partial charge is 0.0113 e. The van der Waals surface area contributed by atoms with Crippen LogP contribution in [0.2, 0.25) is 0 Å². The van der Waals surface area contributed by atoms with E-state index in [2.05, 4.69) is 29.1 Å². The van der Waals surface area contributed by atoms with E-state index in [9.17, 15) is 0 Å². The molecule has 0 spiro atoms. The summed E-state index contributed by atoms with van der Waals surface area (Å²) in [6.45, 7) is 8.83. The molecule has 1 aliphatic heterocycles. The Morgan fingerprint density at radius 2 is 1.82 bits per heavy atom. The molecule has 2 aliphatic rings. The monoisotopic (exact) mass is 239 g/mol. The normalized spacial score (nSPS) is 25.1. The van der Waals surface area contributed by atoms with Gasteiger partial charge in [-0.25, -0.2) is 0 Å². The van der Waals surface area contributed by atoms with Gasteiger partial charge in [-0.1, -0.05) is 6.42 Å². The van der Waals surface area contributed by atoms with Crippen molar-refractivity contribution in [3.63, 3.8) is 0 Å². The summed E-state index contributed by atoms with van der Waals surface area (Å²) in [5.74, 6) is 0. The second-order valence-electron chi connectivity index (χ2n) is 5.79. The van der Waals surface area contributed by atoms with Crippen molar-refractivity contribution < 1.29 is 0 Å². The second-order valence-corrected chi connectivity index (χ2v) is 5.79. The number of piperazine rings is 1. The van der Waals surface area contributed by atoms with Gasteiger partial charge < -0.3 is 10.2 Å². The fraction of sp³-hybridized carbons (Fsp3) is 1.00. The Labute approximate surface area is 107 Å². The number of hydrogen-bond acceptors (Lipinski definition) is 3. The van der Waals surface area contributed by atoms with Crippen molar-refractivity contribution in [3.05, 3.63) is 0 Å². The van der Waals surface area contributed by atoms with Gasteiger partial charge in [0.15, 0.2) is 0 Å². The van der Waals surface area contributed by atoms with Gasteiger partial charge >= 0.3 is 0 Å². The van der Waals surface area contributed by atoms with E-state index in [1.54, 1.807) is 0 Å². The first-order valence-electron chi connectivity index (χ1n) is 7.43. The Balaban J connectivity index is 1.49. The van der Waals surface area contributed by atoms with Gasteiger partial charge in [0, 0.05) is 38.3 Å². The predicted molar refractivity (Wildman–Crippen MR) is 73.4 cm³/mol. The van der Waals surface area contributed by atoms with E-state index < -0.39 is 0 Å². The van der Waals surface area contributed by atoms with Crippen molar-refractivity contribution in [1.29, 1.82) is 0 Å². The molecule has 1 atom stereocenters. The zero-order chi connectivity index (χ0) is 12.1. The lowest BCUT2D eigenvalue weighted by Gasteiger charge is -2.34. The molecule has 0 bridgehead atoms. The maximum Gasteiger partial charge on any atom is 0.0113 e. The Bertz CT molecular complexity index is 208. The highest BCUT2D eigenvalue weighted by Gasteiger charge is 2.30. The molecule has 1 heterocycles. The summed E-state index contributed by atoms with van der Waals surface area (Å²) in [4.78, 5) is 5.35. The van der Waals surface area contributed by atoms with Crippen LogP contribution in [0.4, 0.5) is 0 Å². The van der Waals surface area contributed by atoms with Crippen molar-refractivity contribution in [3.8, 4) is 0 Å². The standard InChI is InChI=1S/C14H29N3/c1-13(15-2)5-3-4-8-16-9-11-17(12-10-16)14-6-7-14/h13-15H,3-12H2,1-2H3. The molecule has 0 aromatic carbocycles. The zero-order valence-corrected chi connectivity index (χ0v) is 11.6. The largest absolute Gasteiger partial charge is 0.317 e. The highest BCUT2D eigenvalue weighted by molar-refractivity contribution is 4.87. The summed E-state index contributed by atoms with van der Waals surface area (Å²) < 4.78 is 0. The van der Waals surface area contributed by atoms with Gasteiger partial charge in [0.1, 0.15) is 0 Å². The van der Waals surface area contributed by atoms with Gasteiger partial charge in [0.2, 0.25) is 0 Å². The van der Waals surface area contributed by atoms with Crippen LogP contribution in [0.3, 0.4) is 0 Å². The summed E-state index contributed by atoms with van der Waals surface area (Å²) in [5.41, 5.74) is 0. The molecule has 100 valence electrons. The quantitative estimate of drug-likeness (QED) is 0.680. The average molecular weight is 239 g/mol. The Morgan fingerprint density at radius 3 is 2.41 bits per heavy atom. The summed E-state index contributed by atoms with van der Waals surface area (Å²) in [6.07, 6.45) is 6.97. The van der Waals surface area contributed by atoms with Crippen LogP contribution in [0.25, 0.3) is 0 Å². The molecule has 3 nitrogen and oxygen atoms in total. The number of nitrogens with zero attached hydrogens (tertiary/aromatic N) is 2. The Morgan fingerprint density at radius 1 is 1.12 bits per heavy atom. The Kier molecular flexibility index (Phi) is 5.26. The first kappa shape index (κ1) is 13.3. The van der Waals surface area contributed by atoms with E-state index >= 15 is 0 Å². The van der Waals surface area contributed by atoms with Crippen LogP contribution in [0.1, 0.15) is 39.0 Å². The van der Waals surface area contributed by atoms with E-state index in [0.29, 0.717) is 6.04 Å². The molecule has 2 rings (SSSR count). The van der Waals surface area contributed by atoms with Crippen molar-refractivity contribution in [2.75, 3.05) is 39.8 Å². The molecule has 1 aliphatic carbocycles. The summed E-state index contributed by atoms with van der Waals surface area (Å²) >= 11 is 0. The fourth-order valence-electron chi connectivity index (χ4n) is 2.72. The van der Waals surface area contributed by atoms with Gasteiger partial charge in [-0.3, -0.25) is 4.90 Å². The van der Waals surface area contributed by atoms with Crippen LogP contribution in [-0.2, 0) is 0 Å². The van der Waals surface area contributed by atoms with Crippen LogP contribution in [0.5, 0.6) is 0 Å². The number of hydrogen-bond donors (Lipinski definition) is 1. The average Bonchev–Trinajstić information content (AvgIpc) is 3.19. The minimum absolute atomic E-state index is 0.682. The van der Waals surface area contributed by atoms with Crippen LogP contribution in [-0.4, -0.2) is 61.7 Å². The third kappa shape index (κ3) is 4.57. The lowest BCUT2D eigenvalue weighted by atomic mass is 10.1. The molecule has 0 radical (unpaired) electrons. The molecular weight excluding hydrogens is 210 g/mol. The van der Waals surface area contributed by atoms with Gasteiger partial charge in [-0.15, -0.1) is 0 Å². The summed E-state index contributed by atoms with van der Waals surface area (Å²) in [5, 5.41) is 3.31. The molecule has 1 unspecified atom stereocenters. The maximum atomic E-state index is 3.31. The third-order valence-corrected chi connectivity index (χ3v) is 4.32. The van der Waals surface area contributed by atoms with Crippen LogP contribution in [0, 0.1) is 0 Å². The maximum absolute atomic E-state index is 3.31. The van der Waals surface area contributed by atoms with Crippen molar-refractivity contribution >= 4 is 0 Å². The minimum Gasteiger partial charge on any atom is -0.317 e. The lowest BCUT2D eigenvalue weighted by Crippen LogP contribution is -2.47. The lowest BCUT2D eigenvalue weighted by molar-refractivity contribution is 0.125. The molecule has 0 aromatic heterocycles. The summed E-state index contributed by atoms with van der Waals surface area (Å²) in [6, 6.07) is 1.65. The molecule has 1 saturated heterocycles. The molecule has 2 fully saturated rings. The molecule has 3 heteroatoms. The van der Waals surface area contributed by atoms with Crippen molar-refractivity contribution in [1.82, 2.24) is 15.1 Å². The SMILES string of the molecule is CNC(C)CCCCN1CCN(C2CC2)CC1. The van der Waals surface area contributed by atoms with Crippen molar-refractivity contribution in [2.24, 2.45) is 0 Å². The fourth-order valence-corrected chi connectivity index (χ4v) is 2.72. The first-order chi connectivity index (χ1) is 8.29. The molecule has 0 amide bonds. The van der Waals surface area contributed by atoms with Gasteiger partial charge in [-0.2, -0.15) is 0 Å². The van der Waals surface area contributed by atoms with Gasteiger partial charge in [0.05, 0.1) is 0 Å². The highest BCUT2D eigenvalue weighted by atomic mass is 15.3. The van der Waals surface area contributed by atoms with E-state index in [1.807, 2.05) is 0 Å². The first-order valence-corrected chi connectivity index (χ1v) is 7.43. The number of unbranched alkanes of at least 4 members (excludes halogenated alkanes) is 1. The van der Waals surface area contributed by atoms with Gasteiger partial charge in [0.25, 0.3) is 0 Å². The predicted octanol–water partition coefficient (Wildman–Crippen LogP) is 1.54. The van der Waals surface area contributed by atoms with Crippen LogP contribution in [0.15, 0.2) is 0 Å². The van der Waals surface area contributed by atoms with E-state index in [0.717, 1.165) is 6.04 Å². The molecule has 1 saturated carbocycles. The summed E-state index contributed by atoms with van der Waals surface area (Å²) in [7, 11) is 2.06. The highest BCUT2D eigenvalue weighted by Crippen LogP contribution is 2.27. The molecule has 0 aromatic rings. The second kappa shape index (κ2) is 6.72. The van der Waals surface area contributed by atoms with Gasteiger partial charge in [-0.05, 0) is 46.2 Å². The topological polar surface area (TPSA) is 18.5 Å². The van der Waals surface area contributed by atoms with Crippen LogP contribution < -0.4 is 5.32 Å². The Hall–Kier alpha value is -0.120. The van der Waals surface area contributed by atoms with E-state index in [4.69, 9.17) is 0 Å².